The Morgan fingerprint density at radius 1 is 0.955 bits per heavy atom. The van der Waals surface area contributed by atoms with Gasteiger partial charge < -0.3 is 16.0 Å². The zero-order valence-electron chi connectivity index (χ0n) is 13.6. The van der Waals surface area contributed by atoms with E-state index in [1.54, 1.807) is 31.2 Å². The van der Waals surface area contributed by atoms with E-state index in [-0.39, 0.29) is 17.7 Å². The summed E-state index contributed by atoms with van der Waals surface area (Å²) in [4.78, 5) is 34.6. The molecule has 1 aromatic carbocycles. The maximum Gasteiger partial charge on any atom is 0.246 e. The molecule has 1 rings (SSSR count). The lowest BCUT2D eigenvalue weighted by molar-refractivity contribution is -0.124. The summed E-state index contributed by atoms with van der Waals surface area (Å²) in [5, 5.41) is 8.00. The van der Waals surface area contributed by atoms with Gasteiger partial charge in [-0.1, -0.05) is 20.8 Å². The van der Waals surface area contributed by atoms with Crippen molar-refractivity contribution in [3.63, 3.8) is 0 Å². The fourth-order valence-corrected chi connectivity index (χ4v) is 1.58. The van der Waals surface area contributed by atoms with E-state index >= 15 is 0 Å². The molecule has 1 atom stereocenters. The molecule has 120 valence electrons. The molecule has 0 saturated heterocycles. The van der Waals surface area contributed by atoms with Gasteiger partial charge >= 0.3 is 0 Å². The average molecular weight is 305 g/mol. The third kappa shape index (κ3) is 5.55. The number of hydrogen-bond acceptors (Lipinski definition) is 3. The molecule has 3 N–H and O–H groups in total. The standard InChI is InChI=1S/C16H23N3O3/c1-10(17-11(2)20)14(21)18-12-6-8-13(9-7-12)19-15(22)16(3,4)5/h6-10H,1-5H3,(H,17,20)(H,18,21)(H,19,22). The van der Waals surface area contributed by atoms with Gasteiger partial charge in [-0.05, 0) is 31.2 Å². The van der Waals surface area contributed by atoms with Gasteiger partial charge in [-0.2, -0.15) is 0 Å². The van der Waals surface area contributed by atoms with Gasteiger partial charge in [0.2, 0.25) is 17.7 Å². The molecule has 0 heterocycles. The molecule has 0 spiro atoms. The lowest BCUT2D eigenvalue weighted by atomic mass is 9.95. The van der Waals surface area contributed by atoms with E-state index in [1.807, 2.05) is 20.8 Å². The van der Waals surface area contributed by atoms with Gasteiger partial charge in [0, 0.05) is 23.7 Å². The minimum absolute atomic E-state index is 0.0800. The molecular weight excluding hydrogens is 282 g/mol. The van der Waals surface area contributed by atoms with Crippen LogP contribution in [0.25, 0.3) is 0 Å². The maximum atomic E-state index is 11.9. The average Bonchev–Trinajstić information content (AvgIpc) is 2.39. The first-order valence-corrected chi connectivity index (χ1v) is 7.09. The van der Waals surface area contributed by atoms with Crippen LogP contribution in [0, 0.1) is 5.41 Å². The summed E-state index contributed by atoms with van der Waals surface area (Å²) in [7, 11) is 0. The van der Waals surface area contributed by atoms with Crippen LogP contribution in [-0.4, -0.2) is 23.8 Å². The van der Waals surface area contributed by atoms with E-state index in [1.165, 1.54) is 6.92 Å². The van der Waals surface area contributed by atoms with E-state index in [0.717, 1.165) is 0 Å². The number of rotatable bonds is 4. The van der Waals surface area contributed by atoms with Crippen molar-refractivity contribution in [1.29, 1.82) is 0 Å². The lowest BCUT2D eigenvalue weighted by Gasteiger charge is -2.18. The highest BCUT2D eigenvalue weighted by Crippen LogP contribution is 2.19. The largest absolute Gasteiger partial charge is 0.345 e. The number of carbonyl (C=O) groups excluding carboxylic acids is 3. The fraction of sp³-hybridized carbons (Fsp3) is 0.438. The van der Waals surface area contributed by atoms with Crippen LogP contribution in [0.4, 0.5) is 11.4 Å². The quantitative estimate of drug-likeness (QED) is 0.796. The van der Waals surface area contributed by atoms with Crippen LogP contribution < -0.4 is 16.0 Å². The number of benzene rings is 1. The van der Waals surface area contributed by atoms with Crippen LogP contribution in [0.2, 0.25) is 0 Å². The summed E-state index contributed by atoms with van der Waals surface area (Å²) in [6.07, 6.45) is 0. The Morgan fingerprint density at radius 2 is 1.41 bits per heavy atom. The summed E-state index contributed by atoms with van der Waals surface area (Å²) in [6, 6.07) is 6.19. The van der Waals surface area contributed by atoms with Gasteiger partial charge in [0.15, 0.2) is 0 Å². The number of nitrogens with one attached hydrogen (secondary N) is 3. The number of hydrogen-bond donors (Lipinski definition) is 3. The van der Waals surface area contributed by atoms with Crippen molar-refractivity contribution in [2.45, 2.75) is 40.7 Å². The predicted octanol–water partition coefficient (Wildman–Crippen LogP) is 2.13. The Balaban J connectivity index is 2.64. The van der Waals surface area contributed by atoms with Gasteiger partial charge in [-0.3, -0.25) is 14.4 Å². The van der Waals surface area contributed by atoms with Crippen LogP contribution in [0.3, 0.4) is 0 Å². The van der Waals surface area contributed by atoms with Crippen molar-refractivity contribution < 1.29 is 14.4 Å². The highest BCUT2D eigenvalue weighted by atomic mass is 16.2. The summed E-state index contributed by atoms with van der Waals surface area (Å²) < 4.78 is 0. The molecule has 0 aliphatic carbocycles. The zero-order chi connectivity index (χ0) is 16.9. The summed E-state index contributed by atoms with van der Waals surface area (Å²) in [5.74, 6) is -0.645. The Morgan fingerprint density at radius 3 is 1.82 bits per heavy atom. The van der Waals surface area contributed by atoms with E-state index in [2.05, 4.69) is 16.0 Å². The topological polar surface area (TPSA) is 87.3 Å². The minimum atomic E-state index is -0.613. The van der Waals surface area contributed by atoms with Crippen molar-refractivity contribution in [2.75, 3.05) is 10.6 Å². The maximum absolute atomic E-state index is 11.9. The first kappa shape index (κ1) is 17.7. The molecule has 0 aliphatic rings. The van der Waals surface area contributed by atoms with Gasteiger partial charge in [0.25, 0.3) is 0 Å². The smallest absolute Gasteiger partial charge is 0.246 e. The zero-order valence-corrected chi connectivity index (χ0v) is 13.6. The van der Waals surface area contributed by atoms with Crippen LogP contribution >= 0.6 is 0 Å². The molecule has 22 heavy (non-hydrogen) atoms. The SMILES string of the molecule is CC(=O)NC(C)C(=O)Nc1ccc(NC(=O)C(C)(C)C)cc1. The number of anilines is 2. The molecule has 3 amide bonds. The van der Waals surface area contributed by atoms with Crippen molar-refractivity contribution in [3.05, 3.63) is 24.3 Å². The highest BCUT2D eigenvalue weighted by molar-refractivity contribution is 5.97. The number of amides is 3. The van der Waals surface area contributed by atoms with E-state index in [9.17, 15) is 14.4 Å². The fourth-order valence-electron chi connectivity index (χ4n) is 1.58. The molecule has 0 aliphatic heterocycles. The van der Waals surface area contributed by atoms with E-state index in [4.69, 9.17) is 0 Å². The Kier molecular flexibility index (Phi) is 5.68. The van der Waals surface area contributed by atoms with Crippen molar-refractivity contribution >= 4 is 29.1 Å². The van der Waals surface area contributed by atoms with Crippen molar-refractivity contribution in [3.8, 4) is 0 Å². The van der Waals surface area contributed by atoms with Crippen molar-refractivity contribution in [2.24, 2.45) is 5.41 Å². The second-order valence-corrected chi connectivity index (χ2v) is 6.19. The second kappa shape index (κ2) is 7.06. The predicted molar refractivity (Wildman–Crippen MR) is 86.4 cm³/mol. The van der Waals surface area contributed by atoms with E-state index < -0.39 is 11.5 Å². The van der Waals surface area contributed by atoms with Crippen LogP contribution in [0.15, 0.2) is 24.3 Å². The Hall–Kier alpha value is -2.37. The second-order valence-electron chi connectivity index (χ2n) is 6.19. The lowest BCUT2D eigenvalue weighted by Crippen LogP contribution is -2.40. The summed E-state index contributed by atoms with van der Waals surface area (Å²) in [5.41, 5.74) is 0.782. The Labute approximate surface area is 130 Å². The van der Waals surface area contributed by atoms with Crippen LogP contribution in [0.5, 0.6) is 0 Å². The first-order valence-electron chi connectivity index (χ1n) is 7.09. The monoisotopic (exact) mass is 305 g/mol. The normalized spacial score (nSPS) is 12.2. The van der Waals surface area contributed by atoms with Gasteiger partial charge in [0.05, 0.1) is 0 Å². The molecule has 1 unspecified atom stereocenters. The third-order valence-corrected chi connectivity index (χ3v) is 2.90. The van der Waals surface area contributed by atoms with Gasteiger partial charge in [0.1, 0.15) is 6.04 Å². The van der Waals surface area contributed by atoms with Crippen LogP contribution in [0.1, 0.15) is 34.6 Å². The highest BCUT2D eigenvalue weighted by Gasteiger charge is 2.21. The molecule has 6 heteroatoms. The summed E-state index contributed by atoms with van der Waals surface area (Å²) in [6.45, 7) is 8.46. The first-order chi connectivity index (χ1) is 10.1. The van der Waals surface area contributed by atoms with Crippen LogP contribution in [-0.2, 0) is 14.4 Å². The molecule has 6 nitrogen and oxygen atoms in total. The van der Waals surface area contributed by atoms with Gasteiger partial charge in [-0.15, -0.1) is 0 Å². The molecular formula is C16H23N3O3. The van der Waals surface area contributed by atoms with Gasteiger partial charge in [-0.25, -0.2) is 0 Å². The summed E-state index contributed by atoms with van der Waals surface area (Å²) >= 11 is 0. The molecule has 0 saturated carbocycles. The Bertz CT molecular complexity index is 559. The molecule has 0 aromatic heterocycles. The third-order valence-electron chi connectivity index (χ3n) is 2.90. The van der Waals surface area contributed by atoms with Crippen molar-refractivity contribution in [1.82, 2.24) is 5.32 Å². The minimum Gasteiger partial charge on any atom is -0.345 e. The number of carbonyl (C=O) groups is 3. The molecule has 0 fully saturated rings. The molecule has 0 radical (unpaired) electrons. The molecule has 1 aromatic rings. The molecule has 0 bridgehead atoms. The van der Waals surface area contributed by atoms with E-state index in [0.29, 0.717) is 11.4 Å².